The molecule has 3 aromatic rings. The molecular formula is C21H19FN4O5. The van der Waals surface area contributed by atoms with Crippen molar-refractivity contribution in [3.63, 3.8) is 0 Å². The van der Waals surface area contributed by atoms with Crippen LogP contribution >= 0.6 is 0 Å². The van der Waals surface area contributed by atoms with Crippen molar-refractivity contribution in [2.45, 2.75) is 32.7 Å². The molecule has 0 bridgehead atoms. The van der Waals surface area contributed by atoms with Gasteiger partial charge in [-0.25, -0.2) is 14.0 Å². The molecule has 0 radical (unpaired) electrons. The van der Waals surface area contributed by atoms with E-state index in [0.29, 0.717) is 24.4 Å². The smallest absolute Gasteiger partial charge is 0.350 e. The van der Waals surface area contributed by atoms with Crippen molar-refractivity contribution in [2.75, 3.05) is 5.32 Å². The van der Waals surface area contributed by atoms with Crippen molar-refractivity contribution in [3.05, 3.63) is 69.1 Å². The van der Waals surface area contributed by atoms with Crippen LogP contribution in [0.3, 0.4) is 0 Å². The highest BCUT2D eigenvalue weighted by molar-refractivity contribution is 6.09. The van der Waals surface area contributed by atoms with Crippen molar-refractivity contribution in [2.24, 2.45) is 0 Å². The minimum atomic E-state index is -1.24. The number of anilines is 1. The summed E-state index contributed by atoms with van der Waals surface area (Å²) in [5, 5.41) is 26.3. The van der Waals surface area contributed by atoms with E-state index < -0.39 is 34.7 Å². The fourth-order valence-corrected chi connectivity index (χ4v) is 3.64. The highest BCUT2D eigenvalue weighted by atomic mass is 19.1. The lowest BCUT2D eigenvalue weighted by Gasteiger charge is -2.13. The number of carboxylic acids is 1. The molecule has 1 aliphatic heterocycles. The molecule has 0 saturated carbocycles. The number of rotatable bonds is 4. The Morgan fingerprint density at radius 2 is 1.97 bits per heavy atom. The van der Waals surface area contributed by atoms with E-state index in [-0.39, 0.29) is 16.9 Å². The van der Waals surface area contributed by atoms with E-state index in [2.05, 4.69) is 10.4 Å². The van der Waals surface area contributed by atoms with Gasteiger partial charge in [0.1, 0.15) is 23.1 Å². The third kappa shape index (κ3) is 3.56. The van der Waals surface area contributed by atoms with Crippen LogP contribution in [-0.2, 0) is 13.0 Å². The van der Waals surface area contributed by atoms with Gasteiger partial charge in [0, 0.05) is 19.0 Å². The highest BCUT2D eigenvalue weighted by Gasteiger charge is 2.23. The van der Waals surface area contributed by atoms with Crippen LogP contribution < -0.4 is 11.0 Å². The van der Waals surface area contributed by atoms with E-state index in [1.165, 1.54) is 16.7 Å². The molecule has 0 spiro atoms. The summed E-state index contributed by atoms with van der Waals surface area (Å²) in [6.07, 6.45) is 2.29. The summed E-state index contributed by atoms with van der Waals surface area (Å²) in [4.78, 5) is 36.7. The summed E-state index contributed by atoms with van der Waals surface area (Å²) < 4.78 is 17.2. The third-order valence-corrected chi connectivity index (χ3v) is 5.25. The molecule has 4 rings (SSSR count). The number of aryl methyl sites for hydroxylation is 2. The second kappa shape index (κ2) is 7.71. The lowest BCUT2D eigenvalue weighted by Crippen LogP contribution is -2.26. The van der Waals surface area contributed by atoms with Crippen molar-refractivity contribution in [1.82, 2.24) is 14.3 Å². The van der Waals surface area contributed by atoms with Gasteiger partial charge >= 0.3 is 11.7 Å². The number of phenols is 1. The number of para-hydroxylation sites is 1. The zero-order chi connectivity index (χ0) is 22.3. The number of nitrogens with one attached hydrogen (secondary N) is 1. The van der Waals surface area contributed by atoms with Gasteiger partial charge in [-0.1, -0.05) is 12.1 Å². The van der Waals surface area contributed by atoms with E-state index in [4.69, 9.17) is 0 Å². The van der Waals surface area contributed by atoms with Crippen LogP contribution in [0, 0.1) is 12.7 Å². The maximum atomic E-state index is 14.9. The lowest BCUT2D eigenvalue weighted by molar-refractivity contribution is 0.0698. The van der Waals surface area contributed by atoms with Crippen LogP contribution in [0.15, 0.2) is 35.1 Å². The number of hydrogen-bond acceptors (Lipinski definition) is 5. The highest BCUT2D eigenvalue weighted by Crippen LogP contribution is 2.27. The van der Waals surface area contributed by atoms with Crippen LogP contribution in [0.25, 0.3) is 5.69 Å². The number of amides is 1. The predicted molar refractivity (Wildman–Crippen MR) is 108 cm³/mol. The number of carboxylic acid groups (broad SMARTS) is 1. The number of hydrogen-bond donors (Lipinski definition) is 3. The van der Waals surface area contributed by atoms with E-state index in [9.17, 15) is 29.0 Å². The van der Waals surface area contributed by atoms with Gasteiger partial charge in [-0.3, -0.25) is 9.36 Å². The minimum Gasteiger partial charge on any atom is -0.507 e. The lowest BCUT2D eigenvalue weighted by atomic mass is 10.1. The second-order valence-corrected chi connectivity index (χ2v) is 7.30. The van der Waals surface area contributed by atoms with Gasteiger partial charge in [-0.15, -0.1) is 5.10 Å². The second-order valence-electron chi connectivity index (χ2n) is 7.30. The molecular weight excluding hydrogens is 407 g/mol. The molecule has 0 unspecified atom stereocenters. The fraction of sp³-hybridized carbons (Fsp3) is 0.238. The molecule has 0 atom stereocenters. The Labute approximate surface area is 175 Å². The number of aromatic carboxylic acids is 1. The largest absolute Gasteiger partial charge is 0.507 e. The summed E-state index contributed by atoms with van der Waals surface area (Å²) in [6.45, 7) is 2.10. The van der Waals surface area contributed by atoms with Gasteiger partial charge in [-0.05, 0) is 37.5 Å². The number of fused-ring (bicyclic) bond motifs is 1. The first kappa shape index (κ1) is 20.3. The number of nitrogens with zero attached hydrogens (tertiary/aromatic N) is 3. The van der Waals surface area contributed by atoms with Gasteiger partial charge in [0.25, 0.3) is 5.91 Å². The fourth-order valence-electron chi connectivity index (χ4n) is 3.64. The van der Waals surface area contributed by atoms with E-state index in [1.54, 1.807) is 13.0 Å². The van der Waals surface area contributed by atoms with Gasteiger partial charge in [0.2, 0.25) is 0 Å². The Kier molecular flexibility index (Phi) is 5.05. The SMILES string of the molecule is Cc1cccc(C(=O)O)c1NC(=O)c1cc(F)c(-n2nc3n(c2=O)CCCC3)cc1O. The average molecular weight is 426 g/mol. The number of phenolic OH excluding ortho intramolecular Hbond substituents is 1. The monoisotopic (exact) mass is 426 g/mol. The first-order valence-corrected chi connectivity index (χ1v) is 9.64. The standard InChI is InChI=1S/C21H19FN4O5/c1-11-5-4-6-12(20(29)30)18(11)23-19(28)13-9-14(22)15(10-16(13)27)26-21(31)25-8-3-2-7-17(25)24-26/h4-6,9-10,27H,2-3,7-8H2,1H3,(H,23,28)(H,29,30). The van der Waals surface area contributed by atoms with Gasteiger partial charge in [0.05, 0.1) is 16.8 Å². The number of benzene rings is 2. The van der Waals surface area contributed by atoms with Gasteiger partial charge in [-0.2, -0.15) is 4.68 Å². The molecule has 31 heavy (non-hydrogen) atoms. The van der Waals surface area contributed by atoms with Crippen LogP contribution in [0.1, 0.15) is 44.9 Å². The van der Waals surface area contributed by atoms with Crippen LogP contribution in [-0.4, -0.2) is 36.4 Å². The van der Waals surface area contributed by atoms with E-state index in [1.807, 2.05) is 0 Å². The van der Waals surface area contributed by atoms with E-state index in [0.717, 1.165) is 29.7 Å². The molecule has 1 amide bonds. The Balaban J connectivity index is 1.71. The maximum Gasteiger partial charge on any atom is 0.350 e. The Morgan fingerprint density at radius 3 is 2.68 bits per heavy atom. The van der Waals surface area contributed by atoms with Crippen molar-refractivity contribution in [3.8, 4) is 11.4 Å². The summed E-state index contributed by atoms with van der Waals surface area (Å²) in [5.74, 6) is -3.09. The van der Waals surface area contributed by atoms with E-state index >= 15 is 0 Å². The molecule has 160 valence electrons. The molecule has 1 aromatic heterocycles. The number of halogens is 1. The first-order chi connectivity index (χ1) is 14.8. The Hall–Kier alpha value is -3.95. The third-order valence-electron chi connectivity index (χ3n) is 5.25. The van der Waals surface area contributed by atoms with Crippen molar-refractivity contribution >= 4 is 17.6 Å². The topological polar surface area (TPSA) is 126 Å². The molecule has 2 heterocycles. The van der Waals surface area contributed by atoms with Crippen molar-refractivity contribution in [1.29, 1.82) is 0 Å². The van der Waals surface area contributed by atoms with Gasteiger partial charge in [0.15, 0.2) is 0 Å². The Bertz CT molecular complexity index is 1280. The number of carbonyl (C=O) groups excluding carboxylic acids is 1. The van der Waals surface area contributed by atoms with Crippen LogP contribution in [0.5, 0.6) is 5.75 Å². The molecule has 0 fully saturated rings. The zero-order valence-electron chi connectivity index (χ0n) is 16.6. The molecule has 9 nitrogen and oxygen atoms in total. The number of aromatic nitrogens is 3. The molecule has 0 saturated heterocycles. The quantitative estimate of drug-likeness (QED) is 0.588. The summed E-state index contributed by atoms with van der Waals surface area (Å²) >= 11 is 0. The summed E-state index contributed by atoms with van der Waals surface area (Å²) in [6, 6.07) is 6.21. The van der Waals surface area contributed by atoms with Crippen LogP contribution in [0.4, 0.5) is 10.1 Å². The van der Waals surface area contributed by atoms with Gasteiger partial charge < -0.3 is 15.5 Å². The number of carbonyl (C=O) groups is 2. The molecule has 3 N–H and O–H groups in total. The normalized spacial score (nSPS) is 13.0. The molecule has 2 aromatic carbocycles. The van der Waals surface area contributed by atoms with Crippen LogP contribution in [0.2, 0.25) is 0 Å². The minimum absolute atomic E-state index is 0.0434. The molecule has 1 aliphatic rings. The maximum absolute atomic E-state index is 14.9. The van der Waals surface area contributed by atoms with Crippen molar-refractivity contribution < 1.29 is 24.2 Å². The zero-order valence-corrected chi connectivity index (χ0v) is 16.6. The first-order valence-electron chi connectivity index (χ1n) is 9.64. The predicted octanol–water partition coefficient (Wildman–Crippen LogP) is 2.47. The molecule has 10 heteroatoms. The molecule has 0 aliphatic carbocycles. The number of aromatic hydroxyl groups is 1. The summed E-state index contributed by atoms with van der Waals surface area (Å²) in [7, 11) is 0. The summed E-state index contributed by atoms with van der Waals surface area (Å²) in [5.41, 5.74) is -0.806. The Morgan fingerprint density at radius 1 is 1.19 bits per heavy atom. The average Bonchev–Trinajstić information content (AvgIpc) is 3.07.